The zero-order chi connectivity index (χ0) is 13.0. The van der Waals surface area contributed by atoms with Crippen molar-refractivity contribution in [2.45, 2.75) is 0 Å². The maximum atomic E-state index is 10.8. The summed E-state index contributed by atoms with van der Waals surface area (Å²) in [6, 6.07) is 3.32. The molecule has 0 bridgehead atoms. The molecular formula is C10H11N3O3S. The Morgan fingerprint density at radius 1 is 1.53 bits per heavy atom. The van der Waals surface area contributed by atoms with Gasteiger partial charge in [0.15, 0.2) is 11.4 Å². The lowest BCUT2D eigenvalue weighted by molar-refractivity contribution is 0.0687. The molecule has 0 unspecified atom stereocenters. The second kappa shape index (κ2) is 5.37. The number of nitrogens with two attached hydrogens (primary N) is 1. The highest BCUT2D eigenvalue weighted by Gasteiger charge is 2.14. The van der Waals surface area contributed by atoms with Crippen LogP contribution in [0.25, 0.3) is 10.9 Å². The fourth-order valence-corrected chi connectivity index (χ4v) is 1.56. The number of pyridine rings is 2. The fourth-order valence-electron chi connectivity index (χ4n) is 1.29. The van der Waals surface area contributed by atoms with Crippen LogP contribution in [0, 0.1) is 4.64 Å². The summed E-state index contributed by atoms with van der Waals surface area (Å²) < 4.78 is 0.244. The topological polar surface area (TPSA) is 112 Å². The maximum absolute atomic E-state index is 10.8. The van der Waals surface area contributed by atoms with E-state index < -0.39 is 11.7 Å². The molecule has 7 heteroatoms. The van der Waals surface area contributed by atoms with Crippen molar-refractivity contribution in [2.75, 3.05) is 7.05 Å². The van der Waals surface area contributed by atoms with Crippen LogP contribution < -0.4 is 5.73 Å². The van der Waals surface area contributed by atoms with E-state index >= 15 is 0 Å². The summed E-state index contributed by atoms with van der Waals surface area (Å²) in [5.41, 5.74) is 4.35. The minimum absolute atomic E-state index is 0.193. The summed E-state index contributed by atoms with van der Waals surface area (Å²) in [7, 11) is 1.50. The SMILES string of the molecule is CN.O=C(O)c1[nH]c(=S)c2cccnc2c1O. The number of carboxylic acid groups (broad SMARTS) is 1. The van der Waals surface area contributed by atoms with Crippen LogP contribution >= 0.6 is 12.2 Å². The Morgan fingerprint density at radius 2 is 2.18 bits per heavy atom. The van der Waals surface area contributed by atoms with Crippen molar-refractivity contribution in [2.24, 2.45) is 5.73 Å². The van der Waals surface area contributed by atoms with Crippen LogP contribution in [-0.2, 0) is 0 Å². The number of aromatic nitrogens is 2. The maximum Gasteiger partial charge on any atom is 0.356 e. The van der Waals surface area contributed by atoms with E-state index in [0.29, 0.717) is 5.39 Å². The zero-order valence-corrected chi connectivity index (χ0v) is 9.78. The number of H-pyrrole nitrogens is 1. The Bertz CT molecular complexity index is 609. The molecule has 2 aromatic heterocycles. The molecule has 0 radical (unpaired) electrons. The van der Waals surface area contributed by atoms with Crippen LogP contribution in [0.2, 0.25) is 0 Å². The van der Waals surface area contributed by atoms with E-state index in [1.165, 1.54) is 13.2 Å². The minimum atomic E-state index is -1.27. The number of carboxylic acids is 1. The fraction of sp³-hybridized carbons (Fsp3) is 0.100. The van der Waals surface area contributed by atoms with Crippen LogP contribution in [0.1, 0.15) is 10.5 Å². The molecule has 2 rings (SSSR count). The van der Waals surface area contributed by atoms with E-state index in [-0.39, 0.29) is 15.9 Å². The van der Waals surface area contributed by atoms with Crippen LogP contribution in [0.3, 0.4) is 0 Å². The summed E-state index contributed by atoms with van der Waals surface area (Å²) in [6.45, 7) is 0. The minimum Gasteiger partial charge on any atom is -0.504 e. The number of nitrogens with one attached hydrogen (secondary N) is 1. The van der Waals surface area contributed by atoms with Gasteiger partial charge in [-0.1, -0.05) is 12.2 Å². The molecule has 90 valence electrons. The third kappa shape index (κ3) is 2.40. The molecule has 0 atom stereocenters. The van der Waals surface area contributed by atoms with Gasteiger partial charge in [0.2, 0.25) is 0 Å². The van der Waals surface area contributed by atoms with E-state index in [4.69, 9.17) is 17.3 Å². The van der Waals surface area contributed by atoms with Crippen molar-refractivity contribution in [3.05, 3.63) is 28.7 Å². The molecule has 5 N–H and O–H groups in total. The van der Waals surface area contributed by atoms with Crippen LogP contribution in [0.4, 0.5) is 0 Å². The number of aromatic amines is 1. The van der Waals surface area contributed by atoms with Gasteiger partial charge < -0.3 is 20.9 Å². The van der Waals surface area contributed by atoms with Crippen molar-refractivity contribution >= 4 is 29.1 Å². The average molecular weight is 253 g/mol. The molecule has 2 aromatic rings. The lowest BCUT2D eigenvalue weighted by atomic mass is 10.2. The molecule has 0 aliphatic heterocycles. The van der Waals surface area contributed by atoms with Gasteiger partial charge in [0, 0.05) is 11.6 Å². The molecule has 0 aliphatic carbocycles. The van der Waals surface area contributed by atoms with Gasteiger partial charge in [0.1, 0.15) is 10.2 Å². The van der Waals surface area contributed by atoms with Gasteiger partial charge in [-0.05, 0) is 19.2 Å². The predicted molar refractivity (Wildman–Crippen MR) is 65.7 cm³/mol. The van der Waals surface area contributed by atoms with Crippen molar-refractivity contribution < 1.29 is 15.0 Å². The van der Waals surface area contributed by atoms with Crippen molar-refractivity contribution in [1.82, 2.24) is 9.97 Å². The number of rotatable bonds is 1. The largest absolute Gasteiger partial charge is 0.504 e. The molecule has 0 amide bonds. The number of hydrogen-bond donors (Lipinski definition) is 4. The second-order valence-corrected chi connectivity index (χ2v) is 3.29. The van der Waals surface area contributed by atoms with E-state index in [2.05, 4.69) is 15.7 Å². The highest BCUT2D eigenvalue weighted by atomic mass is 32.1. The summed E-state index contributed by atoms with van der Waals surface area (Å²) >= 11 is 4.95. The number of nitrogens with zero attached hydrogens (tertiary/aromatic N) is 1. The van der Waals surface area contributed by atoms with Gasteiger partial charge in [-0.2, -0.15) is 0 Å². The molecule has 0 fully saturated rings. The molecule has 0 saturated carbocycles. The standard InChI is InChI=1S/C9H6N2O3S.CH5N/c12-7-5-4(2-1-3-10-5)8(15)11-6(7)9(13)14;1-2/h1-3,12H,(H,11,15)(H,13,14);2H2,1H3. The first-order valence-corrected chi connectivity index (χ1v) is 5.03. The Hall–Kier alpha value is -1.99. The van der Waals surface area contributed by atoms with E-state index in [9.17, 15) is 9.90 Å². The highest BCUT2D eigenvalue weighted by Crippen LogP contribution is 2.25. The van der Waals surface area contributed by atoms with Crippen molar-refractivity contribution in [3.8, 4) is 5.75 Å². The summed E-state index contributed by atoms with van der Waals surface area (Å²) in [4.78, 5) is 17.1. The van der Waals surface area contributed by atoms with Gasteiger partial charge in [-0.25, -0.2) is 4.79 Å². The molecular weight excluding hydrogens is 242 g/mol. The average Bonchev–Trinajstić information content (AvgIpc) is 2.36. The van der Waals surface area contributed by atoms with Gasteiger partial charge in [0.25, 0.3) is 0 Å². The Balaban J connectivity index is 0.000000686. The first kappa shape index (κ1) is 13.1. The first-order chi connectivity index (χ1) is 8.11. The number of hydrogen-bond acceptors (Lipinski definition) is 5. The summed E-state index contributed by atoms with van der Waals surface area (Å²) in [6.07, 6.45) is 1.46. The van der Waals surface area contributed by atoms with Gasteiger partial charge in [0.05, 0.1) is 0 Å². The van der Waals surface area contributed by atoms with E-state index in [1.54, 1.807) is 12.1 Å². The molecule has 6 nitrogen and oxygen atoms in total. The van der Waals surface area contributed by atoms with Crippen molar-refractivity contribution in [1.29, 1.82) is 0 Å². The van der Waals surface area contributed by atoms with Crippen LogP contribution in [0.5, 0.6) is 5.75 Å². The summed E-state index contributed by atoms with van der Waals surface area (Å²) in [5, 5.41) is 18.9. The number of aromatic carboxylic acids is 1. The third-order valence-corrected chi connectivity index (χ3v) is 2.29. The molecule has 17 heavy (non-hydrogen) atoms. The van der Waals surface area contributed by atoms with Crippen molar-refractivity contribution in [3.63, 3.8) is 0 Å². The number of fused-ring (bicyclic) bond motifs is 1. The Labute approximate surface area is 102 Å². The normalized spacial score (nSPS) is 9.53. The molecule has 0 spiro atoms. The molecule has 0 aliphatic rings. The van der Waals surface area contributed by atoms with Gasteiger partial charge >= 0.3 is 5.97 Å². The van der Waals surface area contributed by atoms with Gasteiger partial charge in [-0.15, -0.1) is 0 Å². The third-order valence-electron chi connectivity index (χ3n) is 1.97. The molecule has 0 aromatic carbocycles. The van der Waals surface area contributed by atoms with E-state index in [1.807, 2.05) is 0 Å². The lowest BCUT2D eigenvalue weighted by Gasteiger charge is -2.03. The van der Waals surface area contributed by atoms with Gasteiger partial charge in [-0.3, -0.25) is 4.98 Å². The summed E-state index contributed by atoms with van der Waals surface area (Å²) in [5.74, 6) is -1.67. The monoisotopic (exact) mass is 253 g/mol. The first-order valence-electron chi connectivity index (χ1n) is 4.62. The molecule has 2 heterocycles. The van der Waals surface area contributed by atoms with Crippen LogP contribution in [-0.4, -0.2) is 33.2 Å². The smallest absolute Gasteiger partial charge is 0.356 e. The molecule has 0 saturated heterocycles. The van der Waals surface area contributed by atoms with Crippen LogP contribution in [0.15, 0.2) is 18.3 Å². The highest BCUT2D eigenvalue weighted by molar-refractivity contribution is 7.71. The lowest BCUT2D eigenvalue weighted by Crippen LogP contribution is -2.02. The Morgan fingerprint density at radius 3 is 2.76 bits per heavy atom. The predicted octanol–water partition coefficient (Wildman–Crippen LogP) is 1.27. The quantitative estimate of drug-likeness (QED) is 0.569. The van der Waals surface area contributed by atoms with E-state index in [0.717, 1.165) is 0 Å². The second-order valence-electron chi connectivity index (χ2n) is 2.88. The zero-order valence-electron chi connectivity index (χ0n) is 8.97. The Kier molecular flexibility index (Phi) is 4.13. The number of carbonyl (C=O) groups is 1. The number of aromatic hydroxyl groups is 1.